The number of methoxy groups -OCH3 is 1. The molecule has 1 aromatic carbocycles. The molecule has 0 radical (unpaired) electrons. The lowest BCUT2D eigenvalue weighted by Gasteiger charge is -2.39. The second-order valence-corrected chi connectivity index (χ2v) is 8.65. The second kappa shape index (κ2) is 8.57. The Labute approximate surface area is 182 Å². The third kappa shape index (κ3) is 4.50. The highest BCUT2D eigenvalue weighted by Gasteiger charge is 2.43. The van der Waals surface area contributed by atoms with Crippen molar-refractivity contribution in [3.05, 3.63) is 46.3 Å². The minimum atomic E-state index is -0.598. The molecule has 1 heterocycles. The molecule has 7 heteroatoms. The number of carbonyl (C=O) groups excluding carboxylic acids is 3. The summed E-state index contributed by atoms with van der Waals surface area (Å²) in [7, 11) is 1.47. The average Bonchev–Trinajstić information content (AvgIpc) is 2.65. The van der Waals surface area contributed by atoms with E-state index in [4.69, 9.17) is 14.2 Å². The van der Waals surface area contributed by atoms with Crippen LogP contribution in [-0.2, 0) is 19.1 Å². The van der Waals surface area contributed by atoms with E-state index in [0.29, 0.717) is 41.0 Å². The molecule has 0 aromatic heterocycles. The lowest BCUT2D eigenvalue weighted by Crippen LogP contribution is -2.38. The van der Waals surface area contributed by atoms with Gasteiger partial charge in [-0.05, 0) is 43.4 Å². The van der Waals surface area contributed by atoms with Gasteiger partial charge >= 0.3 is 11.9 Å². The van der Waals surface area contributed by atoms with Gasteiger partial charge in [0.15, 0.2) is 17.3 Å². The van der Waals surface area contributed by atoms with Crippen molar-refractivity contribution in [1.82, 2.24) is 5.32 Å². The van der Waals surface area contributed by atoms with Gasteiger partial charge in [-0.15, -0.1) is 0 Å². The first-order valence-corrected chi connectivity index (χ1v) is 10.4. The lowest BCUT2D eigenvalue weighted by atomic mass is 9.68. The second-order valence-electron chi connectivity index (χ2n) is 8.65. The molecule has 0 spiro atoms. The van der Waals surface area contributed by atoms with Crippen molar-refractivity contribution in [3.8, 4) is 11.5 Å². The summed E-state index contributed by atoms with van der Waals surface area (Å²) in [5.74, 6) is -0.912. The zero-order valence-corrected chi connectivity index (χ0v) is 18.9. The quantitative estimate of drug-likeness (QED) is 0.565. The molecule has 7 nitrogen and oxygen atoms in total. The Morgan fingerprint density at radius 1 is 1.19 bits per heavy atom. The minimum absolute atomic E-state index is 0.000998. The number of rotatable bonds is 5. The van der Waals surface area contributed by atoms with Gasteiger partial charge in [0.25, 0.3) is 0 Å². The molecule has 0 amide bonds. The van der Waals surface area contributed by atoms with Gasteiger partial charge in [-0.1, -0.05) is 19.9 Å². The maximum Gasteiger partial charge on any atom is 0.336 e. The fourth-order valence-electron chi connectivity index (χ4n) is 4.35. The van der Waals surface area contributed by atoms with E-state index >= 15 is 0 Å². The normalized spacial score (nSPS) is 20.1. The van der Waals surface area contributed by atoms with E-state index < -0.39 is 17.9 Å². The van der Waals surface area contributed by atoms with Crippen molar-refractivity contribution < 1.29 is 28.6 Å². The van der Waals surface area contributed by atoms with Crippen LogP contribution in [0, 0.1) is 5.41 Å². The lowest BCUT2D eigenvalue weighted by molar-refractivity contribution is -0.139. The number of hydrogen-bond acceptors (Lipinski definition) is 7. The highest BCUT2D eigenvalue weighted by atomic mass is 16.6. The number of esters is 2. The monoisotopic (exact) mass is 427 g/mol. The summed E-state index contributed by atoms with van der Waals surface area (Å²) < 4.78 is 15.9. The van der Waals surface area contributed by atoms with Crippen LogP contribution in [0.3, 0.4) is 0 Å². The molecule has 0 fully saturated rings. The summed E-state index contributed by atoms with van der Waals surface area (Å²) in [5.41, 5.74) is 2.99. The molecule has 1 aliphatic heterocycles. The zero-order valence-electron chi connectivity index (χ0n) is 18.9. The van der Waals surface area contributed by atoms with Crippen molar-refractivity contribution in [3.63, 3.8) is 0 Å². The average molecular weight is 427 g/mol. The van der Waals surface area contributed by atoms with Gasteiger partial charge in [-0.25, -0.2) is 4.79 Å². The van der Waals surface area contributed by atoms with Gasteiger partial charge in [0.2, 0.25) is 0 Å². The molecule has 1 atom stereocenters. The van der Waals surface area contributed by atoms with Crippen LogP contribution in [0.4, 0.5) is 0 Å². The summed E-state index contributed by atoms with van der Waals surface area (Å²) in [6, 6.07) is 5.08. The molecular formula is C24H29NO6. The molecule has 166 valence electrons. The first-order valence-electron chi connectivity index (χ1n) is 10.4. The van der Waals surface area contributed by atoms with Crippen LogP contribution in [0.5, 0.6) is 11.5 Å². The van der Waals surface area contributed by atoms with Gasteiger partial charge in [0.1, 0.15) is 0 Å². The first-order chi connectivity index (χ1) is 14.6. The van der Waals surface area contributed by atoms with Crippen molar-refractivity contribution in [1.29, 1.82) is 0 Å². The largest absolute Gasteiger partial charge is 0.493 e. The van der Waals surface area contributed by atoms with Crippen LogP contribution in [0.15, 0.2) is 40.7 Å². The summed E-state index contributed by atoms with van der Waals surface area (Å²) in [5, 5.41) is 3.30. The highest BCUT2D eigenvalue weighted by molar-refractivity contribution is 6.04. The fourth-order valence-corrected chi connectivity index (χ4v) is 4.35. The molecule has 1 aromatic rings. The summed E-state index contributed by atoms with van der Waals surface area (Å²) in [4.78, 5) is 37.6. The van der Waals surface area contributed by atoms with Crippen LogP contribution >= 0.6 is 0 Å². The molecule has 1 aliphatic carbocycles. The summed E-state index contributed by atoms with van der Waals surface area (Å²) in [6.45, 7) is 9.22. The van der Waals surface area contributed by atoms with Crippen molar-refractivity contribution in [2.45, 2.75) is 53.4 Å². The van der Waals surface area contributed by atoms with E-state index in [-0.39, 0.29) is 23.6 Å². The summed E-state index contributed by atoms with van der Waals surface area (Å²) >= 11 is 0. The van der Waals surface area contributed by atoms with Gasteiger partial charge < -0.3 is 19.5 Å². The molecule has 1 N–H and O–H groups in total. The minimum Gasteiger partial charge on any atom is -0.493 e. The Balaban J connectivity index is 2.19. The number of ketones is 1. The van der Waals surface area contributed by atoms with Crippen LogP contribution in [-0.4, -0.2) is 31.4 Å². The Hall–Kier alpha value is -3.09. The Morgan fingerprint density at radius 3 is 2.52 bits per heavy atom. The smallest absolute Gasteiger partial charge is 0.336 e. The third-order valence-corrected chi connectivity index (χ3v) is 5.51. The van der Waals surface area contributed by atoms with E-state index in [2.05, 4.69) is 19.2 Å². The van der Waals surface area contributed by atoms with Gasteiger partial charge in [0, 0.05) is 36.2 Å². The van der Waals surface area contributed by atoms with Crippen molar-refractivity contribution in [2.75, 3.05) is 13.7 Å². The van der Waals surface area contributed by atoms with E-state index in [1.54, 1.807) is 25.1 Å². The number of dihydropyridines is 1. The van der Waals surface area contributed by atoms with Gasteiger partial charge in [0.05, 0.1) is 19.3 Å². The van der Waals surface area contributed by atoms with Crippen LogP contribution in [0.2, 0.25) is 0 Å². The number of Topliss-reactive ketones (excluding diaryl/α,β-unsaturated/α-hetero) is 1. The predicted octanol–water partition coefficient (Wildman–Crippen LogP) is 3.79. The first kappa shape index (κ1) is 22.6. The Morgan fingerprint density at radius 2 is 1.90 bits per heavy atom. The molecule has 3 rings (SSSR count). The van der Waals surface area contributed by atoms with E-state index in [1.807, 2.05) is 6.92 Å². The molecule has 0 saturated heterocycles. The maximum absolute atomic E-state index is 13.3. The van der Waals surface area contributed by atoms with Crippen LogP contribution in [0.1, 0.15) is 58.9 Å². The van der Waals surface area contributed by atoms with E-state index in [1.165, 1.54) is 14.0 Å². The van der Waals surface area contributed by atoms with Gasteiger partial charge in [-0.3, -0.25) is 9.59 Å². The number of allylic oxidation sites excluding steroid dienone is 3. The van der Waals surface area contributed by atoms with E-state index in [0.717, 1.165) is 5.70 Å². The number of nitrogens with one attached hydrogen (secondary N) is 1. The topological polar surface area (TPSA) is 90.9 Å². The van der Waals surface area contributed by atoms with Crippen LogP contribution < -0.4 is 14.8 Å². The molecule has 0 saturated carbocycles. The Kier molecular flexibility index (Phi) is 6.25. The highest BCUT2D eigenvalue weighted by Crippen LogP contribution is 2.47. The van der Waals surface area contributed by atoms with Crippen molar-refractivity contribution in [2.24, 2.45) is 5.41 Å². The standard InChI is InChI=1S/C24H29NO6/c1-7-30-23(28)20-13(2)25-16-11-24(4,5)12-17(27)22(16)21(20)15-8-9-18(31-14(3)26)19(10-15)29-6/h8-10,21,25H,7,11-12H2,1-6H3/t21-/m1/s1. The fraction of sp³-hybridized carbons (Fsp3) is 0.458. The van der Waals surface area contributed by atoms with Crippen molar-refractivity contribution >= 4 is 17.7 Å². The maximum atomic E-state index is 13.3. The predicted molar refractivity (Wildman–Crippen MR) is 115 cm³/mol. The number of ether oxygens (including phenoxy) is 3. The molecule has 31 heavy (non-hydrogen) atoms. The van der Waals surface area contributed by atoms with E-state index in [9.17, 15) is 14.4 Å². The zero-order chi connectivity index (χ0) is 22.9. The number of benzene rings is 1. The number of carbonyl (C=O) groups is 3. The molecule has 0 bridgehead atoms. The number of hydrogen-bond donors (Lipinski definition) is 1. The van der Waals surface area contributed by atoms with Gasteiger partial charge in [-0.2, -0.15) is 0 Å². The van der Waals surface area contributed by atoms with Crippen LogP contribution in [0.25, 0.3) is 0 Å². The molecule has 2 aliphatic rings. The SMILES string of the molecule is CCOC(=O)C1=C(C)NC2=C(C(=O)CC(C)(C)C2)[C@@H]1c1ccc(OC(C)=O)c(OC)c1. The molecular weight excluding hydrogens is 398 g/mol. The Bertz CT molecular complexity index is 1000. The third-order valence-electron chi connectivity index (χ3n) is 5.51. The summed E-state index contributed by atoms with van der Waals surface area (Å²) in [6.07, 6.45) is 1.09. The molecule has 0 unspecified atom stereocenters.